The molecule has 0 aromatic heterocycles. The Labute approximate surface area is 186 Å². The number of hydrogen-bond donors (Lipinski definition) is 1. The smallest absolute Gasteiger partial charge is 0.293 e. The Morgan fingerprint density at radius 1 is 1.23 bits per heavy atom. The largest absolute Gasteiger partial charge is 0.484 e. The molecule has 0 aliphatic carbocycles. The molecule has 3 amide bonds. The van der Waals surface area contributed by atoms with Crippen LogP contribution in [0.1, 0.15) is 5.56 Å². The van der Waals surface area contributed by atoms with E-state index in [-0.39, 0.29) is 41.2 Å². The first-order valence-electron chi connectivity index (χ1n) is 8.99. The fourth-order valence-corrected chi connectivity index (χ4v) is 3.68. The highest BCUT2D eigenvalue weighted by molar-refractivity contribution is 8.18. The second kappa shape index (κ2) is 10.1. The molecular formula is C20H16ClN3O6S. The van der Waals surface area contributed by atoms with Gasteiger partial charge in [-0.1, -0.05) is 35.9 Å². The summed E-state index contributed by atoms with van der Waals surface area (Å²) in [5.74, 6) is -0.376. The molecule has 0 spiro atoms. The van der Waals surface area contributed by atoms with Crippen LogP contribution < -0.4 is 10.1 Å². The molecule has 160 valence electrons. The van der Waals surface area contributed by atoms with E-state index in [1.165, 1.54) is 24.3 Å². The molecule has 11 heteroatoms. The Morgan fingerprint density at radius 2 is 1.97 bits per heavy atom. The fourth-order valence-electron chi connectivity index (χ4n) is 2.63. The minimum atomic E-state index is -0.629. The normalized spacial score (nSPS) is 14.7. The molecule has 1 heterocycles. The van der Waals surface area contributed by atoms with Gasteiger partial charge < -0.3 is 10.1 Å². The first kappa shape index (κ1) is 22.3. The number of hydrogen-bond acceptors (Lipinski definition) is 7. The first-order chi connectivity index (χ1) is 14.8. The zero-order valence-electron chi connectivity index (χ0n) is 15.9. The SMILES string of the molecule is O=C(COc1ccccc1)NCCN1C(=O)S/C(=C\c2ccc(Cl)c([N+](=O)[O-])c2)C1=O. The van der Waals surface area contributed by atoms with E-state index in [4.69, 9.17) is 16.3 Å². The van der Waals surface area contributed by atoms with Gasteiger partial charge in [0.05, 0.1) is 9.83 Å². The number of nitrogens with zero attached hydrogens (tertiary/aromatic N) is 2. The number of thioether (sulfide) groups is 1. The summed E-state index contributed by atoms with van der Waals surface area (Å²) in [6.45, 7) is -0.143. The lowest BCUT2D eigenvalue weighted by Gasteiger charge is -2.13. The van der Waals surface area contributed by atoms with E-state index < -0.39 is 16.1 Å². The average molecular weight is 462 g/mol. The minimum Gasteiger partial charge on any atom is -0.484 e. The summed E-state index contributed by atoms with van der Waals surface area (Å²) in [6, 6.07) is 12.9. The molecule has 0 atom stereocenters. The summed E-state index contributed by atoms with van der Waals surface area (Å²) in [4.78, 5) is 48.0. The molecule has 1 fully saturated rings. The van der Waals surface area contributed by atoms with Crippen molar-refractivity contribution in [3.63, 3.8) is 0 Å². The lowest BCUT2D eigenvalue weighted by Crippen LogP contribution is -2.38. The third kappa shape index (κ3) is 5.83. The summed E-state index contributed by atoms with van der Waals surface area (Å²) in [6.07, 6.45) is 1.39. The summed E-state index contributed by atoms with van der Waals surface area (Å²) in [5, 5.41) is 13.1. The summed E-state index contributed by atoms with van der Waals surface area (Å²) in [5.41, 5.74) is 0.0723. The lowest BCUT2D eigenvalue weighted by atomic mass is 10.2. The van der Waals surface area contributed by atoms with Crippen molar-refractivity contribution in [1.82, 2.24) is 10.2 Å². The molecule has 1 saturated heterocycles. The van der Waals surface area contributed by atoms with E-state index in [9.17, 15) is 24.5 Å². The Balaban J connectivity index is 1.54. The molecule has 3 rings (SSSR count). The van der Waals surface area contributed by atoms with Gasteiger partial charge in [-0.3, -0.25) is 29.4 Å². The molecule has 1 aliphatic rings. The van der Waals surface area contributed by atoms with Crippen LogP contribution in [0.5, 0.6) is 5.75 Å². The number of nitrogens with one attached hydrogen (secondary N) is 1. The van der Waals surface area contributed by atoms with E-state index in [0.717, 1.165) is 16.7 Å². The molecule has 0 radical (unpaired) electrons. The second-order valence-corrected chi connectivity index (χ2v) is 7.65. The number of rotatable bonds is 8. The average Bonchev–Trinajstić information content (AvgIpc) is 3.01. The van der Waals surface area contributed by atoms with Gasteiger partial charge in [-0.25, -0.2) is 0 Å². The second-order valence-electron chi connectivity index (χ2n) is 6.25. The van der Waals surface area contributed by atoms with Gasteiger partial charge in [0.25, 0.3) is 22.7 Å². The highest BCUT2D eigenvalue weighted by Gasteiger charge is 2.34. The first-order valence-corrected chi connectivity index (χ1v) is 10.2. The Morgan fingerprint density at radius 3 is 2.68 bits per heavy atom. The highest BCUT2D eigenvalue weighted by atomic mass is 35.5. The van der Waals surface area contributed by atoms with Gasteiger partial charge in [-0.05, 0) is 41.6 Å². The third-order valence-electron chi connectivity index (χ3n) is 4.11. The van der Waals surface area contributed by atoms with Crippen LogP contribution in [0.2, 0.25) is 5.02 Å². The maximum atomic E-state index is 12.5. The Bertz CT molecular complexity index is 1060. The van der Waals surface area contributed by atoms with Crippen LogP contribution in [0.3, 0.4) is 0 Å². The van der Waals surface area contributed by atoms with E-state index in [2.05, 4.69) is 5.32 Å². The maximum Gasteiger partial charge on any atom is 0.293 e. The Kier molecular flexibility index (Phi) is 7.27. The molecule has 2 aromatic rings. The number of nitro groups is 1. The van der Waals surface area contributed by atoms with E-state index in [1.54, 1.807) is 24.3 Å². The predicted molar refractivity (Wildman–Crippen MR) is 116 cm³/mol. The van der Waals surface area contributed by atoms with Crippen LogP contribution >= 0.6 is 23.4 Å². The monoisotopic (exact) mass is 461 g/mol. The van der Waals surface area contributed by atoms with Crippen molar-refractivity contribution in [2.24, 2.45) is 0 Å². The molecule has 1 N–H and O–H groups in total. The van der Waals surface area contributed by atoms with Crippen molar-refractivity contribution >= 4 is 52.2 Å². The summed E-state index contributed by atoms with van der Waals surface area (Å²) < 4.78 is 5.32. The molecule has 31 heavy (non-hydrogen) atoms. The quantitative estimate of drug-likeness (QED) is 0.363. The molecule has 0 saturated carbocycles. The number of halogens is 1. The number of amides is 3. The molecule has 9 nitrogen and oxygen atoms in total. The van der Waals surface area contributed by atoms with Gasteiger partial charge in [-0.15, -0.1) is 0 Å². The number of carbonyl (C=O) groups is 3. The van der Waals surface area contributed by atoms with Crippen molar-refractivity contribution in [2.45, 2.75) is 0 Å². The van der Waals surface area contributed by atoms with Gasteiger partial charge in [-0.2, -0.15) is 0 Å². The summed E-state index contributed by atoms with van der Waals surface area (Å²) >= 11 is 6.50. The standard InChI is InChI=1S/C20H16ClN3O6S/c21-15-7-6-13(10-16(15)24(28)29)11-17-19(26)23(20(27)31-17)9-8-22-18(25)12-30-14-4-2-1-3-5-14/h1-7,10-11H,8-9,12H2,(H,22,25)/b17-11-. The van der Waals surface area contributed by atoms with Crippen LogP contribution in [0.15, 0.2) is 53.4 Å². The van der Waals surface area contributed by atoms with Crippen molar-refractivity contribution in [3.8, 4) is 5.75 Å². The van der Waals surface area contributed by atoms with Crippen LogP contribution in [0.4, 0.5) is 10.5 Å². The number of benzene rings is 2. The van der Waals surface area contributed by atoms with Crippen molar-refractivity contribution in [2.75, 3.05) is 19.7 Å². The minimum absolute atomic E-state index is 0.0140. The number of nitro benzene ring substituents is 1. The van der Waals surface area contributed by atoms with Gasteiger partial charge in [0.1, 0.15) is 10.8 Å². The van der Waals surface area contributed by atoms with Crippen LogP contribution in [-0.4, -0.2) is 46.6 Å². The van der Waals surface area contributed by atoms with E-state index in [0.29, 0.717) is 11.3 Å². The van der Waals surface area contributed by atoms with Crippen molar-refractivity contribution in [3.05, 3.63) is 74.1 Å². The molecule has 0 unspecified atom stereocenters. The van der Waals surface area contributed by atoms with Gasteiger partial charge >= 0.3 is 0 Å². The third-order valence-corrected chi connectivity index (χ3v) is 5.34. The highest BCUT2D eigenvalue weighted by Crippen LogP contribution is 2.33. The number of para-hydroxylation sites is 1. The Hall–Kier alpha value is -3.37. The van der Waals surface area contributed by atoms with Gasteiger partial charge in [0.2, 0.25) is 0 Å². The fraction of sp³-hybridized carbons (Fsp3) is 0.150. The van der Waals surface area contributed by atoms with Gasteiger partial charge in [0, 0.05) is 19.2 Å². The molecular weight excluding hydrogens is 446 g/mol. The number of imide groups is 1. The van der Waals surface area contributed by atoms with Crippen LogP contribution in [0.25, 0.3) is 6.08 Å². The number of ether oxygens (including phenoxy) is 1. The van der Waals surface area contributed by atoms with Crippen molar-refractivity contribution in [1.29, 1.82) is 0 Å². The van der Waals surface area contributed by atoms with Crippen molar-refractivity contribution < 1.29 is 24.0 Å². The topological polar surface area (TPSA) is 119 Å². The predicted octanol–water partition coefficient (Wildman–Crippen LogP) is 3.48. The maximum absolute atomic E-state index is 12.5. The zero-order valence-corrected chi connectivity index (χ0v) is 17.5. The van der Waals surface area contributed by atoms with E-state index in [1.807, 2.05) is 6.07 Å². The molecule has 1 aliphatic heterocycles. The summed E-state index contributed by atoms with van der Waals surface area (Å²) in [7, 11) is 0. The van der Waals surface area contributed by atoms with E-state index >= 15 is 0 Å². The number of carbonyl (C=O) groups excluding carboxylic acids is 3. The lowest BCUT2D eigenvalue weighted by molar-refractivity contribution is -0.384. The van der Waals surface area contributed by atoms with Crippen LogP contribution in [-0.2, 0) is 9.59 Å². The molecule has 2 aromatic carbocycles. The zero-order chi connectivity index (χ0) is 22.4. The van der Waals surface area contributed by atoms with Crippen LogP contribution in [0, 0.1) is 10.1 Å². The molecule has 0 bridgehead atoms. The van der Waals surface area contributed by atoms with Gasteiger partial charge in [0.15, 0.2) is 6.61 Å².